The highest BCUT2D eigenvalue weighted by molar-refractivity contribution is 9.10. The van der Waals surface area contributed by atoms with Crippen LogP contribution in [0.2, 0.25) is 0 Å². The summed E-state index contributed by atoms with van der Waals surface area (Å²) in [5.74, 6) is 0.379. The SMILES string of the molecule is Oc1ccc(Br)cc1C=NCc1cc(Br)ccc1O. The van der Waals surface area contributed by atoms with E-state index in [9.17, 15) is 10.2 Å². The lowest BCUT2D eigenvalue weighted by Gasteiger charge is -2.02. The molecule has 2 rings (SSSR count). The number of nitrogens with zero attached hydrogens (tertiary/aromatic N) is 1. The van der Waals surface area contributed by atoms with Gasteiger partial charge in [-0.25, -0.2) is 0 Å². The van der Waals surface area contributed by atoms with Gasteiger partial charge in [-0.1, -0.05) is 31.9 Å². The fourth-order valence-corrected chi connectivity index (χ4v) is 2.34. The number of aliphatic imine (C=N–C) groups is 1. The van der Waals surface area contributed by atoms with Crippen LogP contribution in [0.4, 0.5) is 0 Å². The van der Waals surface area contributed by atoms with Crippen molar-refractivity contribution in [1.29, 1.82) is 0 Å². The molecule has 0 bridgehead atoms. The maximum Gasteiger partial charge on any atom is 0.124 e. The monoisotopic (exact) mass is 383 g/mol. The first-order chi connectivity index (χ1) is 9.06. The van der Waals surface area contributed by atoms with Crippen LogP contribution in [-0.4, -0.2) is 16.4 Å². The predicted molar refractivity (Wildman–Crippen MR) is 82.9 cm³/mol. The number of rotatable bonds is 3. The van der Waals surface area contributed by atoms with Gasteiger partial charge in [-0.2, -0.15) is 0 Å². The van der Waals surface area contributed by atoms with Crippen molar-refractivity contribution < 1.29 is 10.2 Å². The molecule has 0 radical (unpaired) electrons. The molecule has 0 saturated heterocycles. The average Bonchev–Trinajstić information content (AvgIpc) is 2.38. The minimum atomic E-state index is 0.172. The molecule has 0 aliphatic carbocycles. The van der Waals surface area contributed by atoms with Crippen LogP contribution < -0.4 is 0 Å². The molecule has 3 nitrogen and oxygen atoms in total. The topological polar surface area (TPSA) is 52.8 Å². The molecule has 19 heavy (non-hydrogen) atoms. The molecule has 0 aromatic heterocycles. The van der Waals surface area contributed by atoms with E-state index in [-0.39, 0.29) is 11.5 Å². The zero-order chi connectivity index (χ0) is 13.8. The molecule has 0 saturated carbocycles. The number of hydrogen-bond acceptors (Lipinski definition) is 3. The summed E-state index contributed by atoms with van der Waals surface area (Å²) < 4.78 is 1.76. The average molecular weight is 385 g/mol. The van der Waals surface area contributed by atoms with Gasteiger partial charge in [0, 0.05) is 26.3 Å². The lowest BCUT2D eigenvalue weighted by Crippen LogP contribution is -1.87. The molecule has 0 aliphatic rings. The maximum absolute atomic E-state index is 9.68. The molecule has 0 atom stereocenters. The summed E-state index contributed by atoms with van der Waals surface area (Å²) in [4.78, 5) is 4.23. The van der Waals surface area contributed by atoms with Crippen LogP contribution >= 0.6 is 31.9 Å². The van der Waals surface area contributed by atoms with Crippen molar-refractivity contribution in [2.24, 2.45) is 4.99 Å². The van der Waals surface area contributed by atoms with E-state index in [1.54, 1.807) is 36.5 Å². The smallest absolute Gasteiger partial charge is 0.124 e. The van der Waals surface area contributed by atoms with Gasteiger partial charge in [0.1, 0.15) is 11.5 Å². The Kier molecular flexibility index (Phi) is 4.61. The Balaban J connectivity index is 2.15. The van der Waals surface area contributed by atoms with Gasteiger partial charge in [0.25, 0.3) is 0 Å². The molecule has 0 aliphatic heterocycles. The van der Waals surface area contributed by atoms with E-state index in [1.807, 2.05) is 6.07 Å². The van der Waals surface area contributed by atoms with Crippen LogP contribution in [0.1, 0.15) is 11.1 Å². The van der Waals surface area contributed by atoms with Gasteiger partial charge < -0.3 is 10.2 Å². The highest BCUT2D eigenvalue weighted by Crippen LogP contribution is 2.23. The highest BCUT2D eigenvalue weighted by atomic mass is 79.9. The Morgan fingerprint density at radius 3 is 2.32 bits per heavy atom. The van der Waals surface area contributed by atoms with E-state index in [1.165, 1.54) is 0 Å². The molecule has 0 unspecified atom stereocenters. The molecule has 2 N–H and O–H groups in total. The van der Waals surface area contributed by atoms with Crippen molar-refractivity contribution in [2.45, 2.75) is 6.54 Å². The number of phenols is 2. The lowest BCUT2D eigenvalue weighted by molar-refractivity contribution is 0.468. The van der Waals surface area contributed by atoms with Gasteiger partial charge in [0.15, 0.2) is 0 Å². The minimum Gasteiger partial charge on any atom is -0.508 e. The second-order valence-electron chi connectivity index (χ2n) is 3.95. The van der Waals surface area contributed by atoms with Gasteiger partial charge in [-0.3, -0.25) is 4.99 Å². The van der Waals surface area contributed by atoms with Gasteiger partial charge in [-0.15, -0.1) is 0 Å². The first kappa shape index (κ1) is 14.1. The molecule has 2 aromatic rings. The van der Waals surface area contributed by atoms with Gasteiger partial charge in [0.2, 0.25) is 0 Å². The molecular formula is C14H11Br2NO2. The van der Waals surface area contributed by atoms with Crippen molar-refractivity contribution in [2.75, 3.05) is 0 Å². The van der Waals surface area contributed by atoms with Crippen molar-refractivity contribution in [3.8, 4) is 11.5 Å². The van der Waals surface area contributed by atoms with Crippen LogP contribution in [0, 0.1) is 0 Å². The molecule has 0 spiro atoms. The summed E-state index contributed by atoms with van der Waals surface area (Å²) in [5.41, 5.74) is 1.35. The van der Waals surface area contributed by atoms with Crippen LogP contribution in [-0.2, 0) is 6.54 Å². The van der Waals surface area contributed by atoms with Crippen LogP contribution in [0.25, 0.3) is 0 Å². The van der Waals surface area contributed by atoms with Crippen molar-refractivity contribution in [1.82, 2.24) is 0 Å². The Bertz CT molecular complexity index is 627. The lowest BCUT2D eigenvalue weighted by atomic mass is 10.2. The maximum atomic E-state index is 9.68. The third kappa shape index (κ3) is 3.81. The number of benzene rings is 2. The zero-order valence-electron chi connectivity index (χ0n) is 9.85. The number of aromatic hydroxyl groups is 2. The predicted octanol–water partition coefficient (Wildman–Crippen LogP) is 4.24. The molecule has 5 heteroatoms. The summed E-state index contributed by atoms with van der Waals surface area (Å²) in [6, 6.07) is 10.3. The summed E-state index contributed by atoms with van der Waals surface area (Å²) in [5, 5.41) is 19.3. The molecule has 2 aromatic carbocycles. The van der Waals surface area contributed by atoms with Gasteiger partial charge in [-0.05, 0) is 36.4 Å². The first-order valence-electron chi connectivity index (χ1n) is 5.52. The first-order valence-corrected chi connectivity index (χ1v) is 7.10. The summed E-state index contributed by atoms with van der Waals surface area (Å²) in [7, 11) is 0. The fourth-order valence-electron chi connectivity index (χ4n) is 1.55. The van der Waals surface area contributed by atoms with Crippen LogP contribution in [0.15, 0.2) is 50.3 Å². The minimum absolute atomic E-state index is 0.172. The summed E-state index contributed by atoms with van der Waals surface area (Å²) >= 11 is 6.68. The molecule has 0 heterocycles. The number of hydrogen-bond donors (Lipinski definition) is 2. The van der Waals surface area contributed by atoms with Crippen molar-refractivity contribution in [3.05, 3.63) is 56.5 Å². The molecule has 0 amide bonds. The summed E-state index contributed by atoms with van der Waals surface area (Å²) in [6.07, 6.45) is 1.58. The van der Waals surface area contributed by atoms with Crippen molar-refractivity contribution >= 4 is 38.1 Å². The quantitative estimate of drug-likeness (QED) is 0.777. The van der Waals surface area contributed by atoms with Crippen LogP contribution in [0.5, 0.6) is 11.5 Å². The number of phenolic OH excluding ortho intramolecular Hbond substituents is 2. The summed E-state index contributed by atoms with van der Waals surface area (Å²) in [6.45, 7) is 0.344. The molecule has 0 fully saturated rings. The number of halogens is 2. The second kappa shape index (κ2) is 6.21. The van der Waals surface area contributed by atoms with E-state index in [0.29, 0.717) is 12.1 Å². The van der Waals surface area contributed by atoms with Crippen molar-refractivity contribution in [3.63, 3.8) is 0 Å². The second-order valence-corrected chi connectivity index (χ2v) is 5.78. The van der Waals surface area contributed by atoms with Gasteiger partial charge >= 0.3 is 0 Å². The van der Waals surface area contributed by atoms with E-state index in [4.69, 9.17) is 0 Å². The largest absolute Gasteiger partial charge is 0.508 e. The Labute approximate surface area is 127 Å². The zero-order valence-corrected chi connectivity index (χ0v) is 13.0. The molecule has 98 valence electrons. The molecular weight excluding hydrogens is 374 g/mol. The van der Waals surface area contributed by atoms with E-state index in [0.717, 1.165) is 14.5 Å². The van der Waals surface area contributed by atoms with Crippen LogP contribution in [0.3, 0.4) is 0 Å². The highest BCUT2D eigenvalue weighted by Gasteiger charge is 2.01. The fraction of sp³-hybridized carbons (Fsp3) is 0.0714. The Hall–Kier alpha value is -1.33. The Morgan fingerprint density at radius 2 is 1.58 bits per heavy atom. The van der Waals surface area contributed by atoms with E-state index < -0.39 is 0 Å². The standard InChI is InChI=1S/C14H11Br2NO2/c15-11-1-3-13(18)9(5-11)7-17-8-10-6-12(16)2-4-14(10)19/h1-7,18-19H,8H2. The van der Waals surface area contributed by atoms with Gasteiger partial charge in [0.05, 0.1) is 6.54 Å². The normalized spacial score (nSPS) is 11.1. The van der Waals surface area contributed by atoms with E-state index >= 15 is 0 Å². The van der Waals surface area contributed by atoms with E-state index in [2.05, 4.69) is 36.9 Å². The Morgan fingerprint density at radius 1 is 0.947 bits per heavy atom. The third-order valence-corrected chi connectivity index (χ3v) is 3.51. The third-order valence-electron chi connectivity index (χ3n) is 2.52.